The zero-order valence-electron chi connectivity index (χ0n) is 15.3. The molecule has 1 amide bonds. The first-order valence-corrected chi connectivity index (χ1v) is 8.94. The van der Waals surface area contributed by atoms with Gasteiger partial charge in [0, 0.05) is 5.92 Å². The van der Waals surface area contributed by atoms with Crippen LogP contribution in [0.15, 0.2) is 61.2 Å². The number of benzene rings is 2. The molecule has 3 rings (SSSR count). The Hall–Kier alpha value is -3.08. The van der Waals surface area contributed by atoms with Crippen LogP contribution in [0.5, 0.6) is 0 Å². The summed E-state index contributed by atoms with van der Waals surface area (Å²) in [7, 11) is 0. The number of hydrogen-bond acceptors (Lipinski definition) is 3. The van der Waals surface area contributed by atoms with Gasteiger partial charge in [-0.3, -0.25) is 0 Å². The van der Waals surface area contributed by atoms with Crippen molar-refractivity contribution in [2.75, 3.05) is 6.61 Å². The number of fused-ring (bicyclic) bond motifs is 3. The molecule has 5 heteroatoms. The van der Waals surface area contributed by atoms with E-state index in [1.54, 1.807) is 6.08 Å². The van der Waals surface area contributed by atoms with E-state index in [1.807, 2.05) is 36.4 Å². The minimum absolute atomic E-state index is 0.0626. The van der Waals surface area contributed by atoms with Gasteiger partial charge >= 0.3 is 12.1 Å². The summed E-state index contributed by atoms with van der Waals surface area (Å²) in [4.78, 5) is 23.8. The Balaban J connectivity index is 1.72. The lowest BCUT2D eigenvalue weighted by Crippen LogP contribution is -2.52. The summed E-state index contributed by atoms with van der Waals surface area (Å²) in [6, 6.07) is 16.1. The number of carbonyl (C=O) groups is 2. The molecule has 1 atom stereocenters. The molecule has 2 aromatic carbocycles. The Bertz CT molecular complexity index is 831. The molecular weight excluding hydrogens is 342 g/mol. The Labute approximate surface area is 158 Å². The average Bonchev–Trinajstić information content (AvgIpc) is 2.98. The molecule has 0 saturated heterocycles. The quantitative estimate of drug-likeness (QED) is 0.716. The molecule has 0 unspecified atom stereocenters. The summed E-state index contributed by atoms with van der Waals surface area (Å²) in [5.41, 5.74) is 3.11. The highest BCUT2D eigenvalue weighted by Gasteiger charge is 2.35. The predicted molar refractivity (Wildman–Crippen MR) is 104 cm³/mol. The van der Waals surface area contributed by atoms with E-state index in [0.29, 0.717) is 6.42 Å². The molecule has 0 spiro atoms. The second kappa shape index (κ2) is 7.66. The van der Waals surface area contributed by atoms with Gasteiger partial charge in [0.05, 0.1) is 0 Å². The SMILES string of the molecule is C=CCC[C@](C)(NC(=O)OCC1c2ccccc2-c2ccccc21)C(=O)O. The van der Waals surface area contributed by atoms with Crippen LogP contribution >= 0.6 is 0 Å². The minimum Gasteiger partial charge on any atom is -0.480 e. The summed E-state index contributed by atoms with van der Waals surface area (Å²) in [5, 5.41) is 11.9. The van der Waals surface area contributed by atoms with Crippen molar-refractivity contribution >= 4 is 12.1 Å². The number of alkyl carbamates (subject to hydrolysis) is 1. The lowest BCUT2D eigenvalue weighted by Gasteiger charge is -2.25. The van der Waals surface area contributed by atoms with E-state index in [-0.39, 0.29) is 18.9 Å². The van der Waals surface area contributed by atoms with Gasteiger partial charge in [-0.05, 0) is 42.0 Å². The van der Waals surface area contributed by atoms with Gasteiger partial charge in [-0.15, -0.1) is 6.58 Å². The van der Waals surface area contributed by atoms with Crippen LogP contribution in [0.4, 0.5) is 4.79 Å². The number of ether oxygens (including phenoxy) is 1. The third-order valence-electron chi connectivity index (χ3n) is 5.04. The maximum atomic E-state index is 12.3. The zero-order valence-corrected chi connectivity index (χ0v) is 15.3. The van der Waals surface area contributed by atoms with Gasteiger partial charge in [0.15, 0.2) is 0 Å². The highest BCUT2D eigenvalue weighted by Crippen LogP contribution is 2.44. The molecule has 0 aliphatic heterocycles. The van der Waals surface area contributed by atoms with Crippen LogP contribution in [0.2, 0.25) is 0 Å². The third kappa shape index (κ3) is 3.72. The number of aliphatic carboxylic acids is 1. The van der Waals surface area contributed by atoms with E-state index in [0.717, 1.165) is 22.3 Å². The second-order valence-corrected chi connectivity index (χ2v) is 6.92. The molecule has 27 heavy (non-hydrogen) atoms. The molecule has 140 valence electrons. The molecule has 1 aliphatic rings. The number of rotatable bonds is 7. The van der Waals surface area contributed by atoms with Crippen molar-refractivity contribution in [3.8, 4) is 11.1 Å². The Morgan fingerprint density at radius 2 is 1.70 bits per heavy atom. The van der Waals surface area contributed by atoms with Crippen molar-refractivity contribution in [3.05, 3.63) is 72.3 Å². The van der Waals surface area contributed by atoms with Gasteiger partial charge in [0.2, 0.25) is 0 Å². The predicted octanol–water partition coefficient (Wildman–Crippen LogP) is 4.33. The van der Waals surface area contributed by atoms with Crippen molar-refractivity contribution in [2.45, 2.75) is 31.2 Å². The van der Waals surface area contributed by atoms with Gasteiger partial charge in [-0.2, -0.15) is 0 Å². The van der Waals surface area contributed by atoms with Crippen LogP contribution in [-0.2, 0) is 9.53 Å². The van der Waals surface area contributed by atoms with E-state index in [9.17, 15) is 14.7 Å². The Kier molecular flexibility index (Phi) is 5.31. The van der Waals surface area contributed by atoms with Crippen molar-refractivity contribution < 1.29 is 19.4 Å². The minimum atomic E-state index is -1.39. The van der Waals surface area contributed by atoms with Crippen molar-refractivity contribution in [2.24, 2.45) is 0 Å². The fraction of sp³-hybridized carbons (Fsp3) is 0.273. The monoisotopic (exact) mass is 365 g/mol. The van der Waals surface area contributed by atoms with Crippen molar-refractivity contribution in [1.29, 1.82) is 0 Å². The largest absolute Gasteiger partial charge is 0.480 e. The molecular formula is C22H23NO4. The molecule has 0 aromatic heterocycles. The van der Waals surface area contributed by atoms with E-state index in [2.05, 4.69) is 24.0 Å². The van der Waals surface area contributed by atoms with Crippen molar-refractivity contribution in [1.82, 2.24) is 5.32 Å². The number of carboxylic acid groups (broad SMARTS) is 1. The third-order valence-corrected chi connectivity index (χ3v) is 5.04. The molecule has 0 fully saturated rings. The van der Waals surface area contributed by atoms with Crippen LogP contribution in [-0.4, -0.2) is 29.3 Å². The van der Waals surface area contributed by atoms with Crippen LogP contribution in [0, 0.1) is 0 Å². The Morgan fingerprint density at radius 3 is 2.22 bits per heavy atom. The van der Waals surface area contributed by atoms with Gasteiger partial charge in [0.1, 0.15) is 12.1 Å². The summed E-state index contributed by atoms with van der Waals surface area (Å²) < 4.78 is 5.43. The highest BCUT2D eigenvalue weighted by molar-refractivity contribution is 5.84. The smallest absolute Gasteiger partial charge is 0.408 e. The van der Waals surface area contributed by atoms with Gasteiger partial charge in [-0.1, -0.05) is 54.6 Å². The van der Waals surface area contributed by atoms with Gasteiger partial charge in [-0.25, -0.2) is 9.59 Å². The number of carbonyl (C=O) groups excluding carboxylic acids is 1. The number of amides is 1. The zero-order chi connectivity index (χ0) is 19.4. The van der Waals surface area contributed by atoms with E-state index in [4.69, 9.17) is 4.74 Å². The molecule has 5 nitrogen and oxygen atoms in total. The molecule has 0 bridgehead atoms. The van der Waals surface area contributed by atoms with Gasteiger partial charge < -0.3 is 15.2 Å². The van der Waals surface area contributed by atoms with E-state index >= 15 is 0 Å². The highest BCUT2D eigenvalue weighted by atomic mass is 16.5. The van der Waals surface area contributed by atoms with Crippen molar-refractivity contribution in [3.63, 3.8) is 0 Å². The summed E-state index contributed by atoms with van der Waals surface area (Å²) >= 11 is 0. The molecule has 2 N–H and O–H groups in total. The van der Waals surface area contributed by atoms with Crippen LogP contribution < -0.4 is 5.32 Å². The van der Waals surface area contributed by atoms with Crippen LogP contribution in [0.1, 0.15) is 36.8 Å². The fourth-order valence-electron chi connectivity index (χ4n) is 3.47. The average molecular weight is 365 g/mol. The first kappa shape index (κ1) is 18.7. The van der Waals surface area contributed by atoms with Crippen LogP contribution in [0.3, 0.4) is 0 Å². The topological polar surface area (TPSA) is 75.6 Å². The standard InChI is InChI=1S/C22H23NO4/c1-3-4-13-22(2,20(24)25)23-21(26)27-14-19-17-11-7-5-9-15(17)16-10-6-8-12-18(16)19/h3,5-12,19H,1,4,13-14H2,2H3,(H,23,26)(H,24,25)/t22-/m0/s1. The number of allylic oxidation sites excluding steroid dienone is 1. The molecule has 1 aliphatic carbocycles. The fourth-order valence-corrected chi connectivity index (χ4v) is 3.47. The first-order chi connectivity index (χ1) is 13.0. The number of nitrogens with one attached hydrogen (secondary N) is 1. The second-order valence-electron chi connectivity index (χ2n) is 6.92. The molecule has 0 saturated carbocycles. The number of hydrogen-bond donors (Lipinski definition) is 2. The molecule has 0 heterocycles. The lowest BCUT2D eigenvalue weighted by atomic mass is 9.96. The Morgan fingerprint density at radius 1 is 1.15 bits per heavy atom. The van der Waals surface area contributed by atoms with E-state index in [1.165, 1.54) is 6.92 Å². The molecule has 2 aromatic rings. The lowest BCUT2D eigenvalue weighted by molar-refractivity contribution is -0.144. The summed E-state index contributed by atoms with van der Waals surface area (Å²) in [6.45, 7) is 5.22. The molecule has 0 radical (unpaired) electrons. The summed E-state index contributed by atoms with van der Waals surface area (Å²) in [5.74, 6) is -1.16. The van der Waals surface area contributed by atoms with E-state index < -0.39 is 17.6 Å². The van der Waals surface area contributed by atoms with Crippen LogP contribution in [0.25, 0.3) is 11.1 Å². The number of carboxylic acids is 1. The maximum absolute atomic E-state index is 12.3. The van der Waals surface area contributed by atoms with Gasteiger partial charge in [0.25, 0.3) is 0 Å². The summed E-state index contributed by atoms with van der Waals surface area (Å²) in [6.07, 6.45) is 1.62. The normalized spacial score (nSPS) is 14.6. The maximum Gasteiger partial charge on any atom is 0.408 e. The first-order valence-electron chi connectivity index (χ1n) is 8.94.